The molecule has 0 amide bonds. The van der Waals surface area contributed by atoms with Crippen LogP contribution in [0.2, 0.25) is 0 Å². The maximum atomic E-state index is 13.0. The van der Waals surface area contributed by atoms with E-state index in [0.717, 1.165) is 53.8 Å². The van der Waals surface area contributed by atoms with Crippen molar-refractivity contribution in [1.29, 1.82) is 0 Å². The van der Waals surface area contributed by atoms with Gasteiger partial charge in [-0.2, -0.15) is 4.39 Å². The van der Waals surface area contributed by atoms with E-state index in [2.05, 4.69) is 22.0 Å². The normalized spacial score (nSPS) is 15.7. The van der Waals surface area contributed by atoms with Gasteiger partial charge >= 0.3 is 0 Å². The molecule has 1 aliphatic heterocycles. The molecule has 3 aromatic rings. The molecule has 1 fully saturated rings. The summed E-state index contributed by atoms with van der Waals surface area (Å²) in [5, 5.41) is 1.05. The van der Waals surface area contributed by atoms with E-state index in [9.17, 15) is 4.39 Å². The average Bonchev–Trinajstić information content (AvgIpc) is 2.68. The summed E-state index contributed by atoms with van der Waals surface area (Å²) in [6, 6.07) is 13.2. The van der Waals surface area contributed by atoms with Crippen molar-refractivity contribution in [3.05, 3.63) is 54.6 Å². The van der Waals surface area contributed by atoms with Crippen molar-refractivity contribution in [2.45, 2.75) is 18.9 Å². The third kappa shape index (κ3) is 3.43. The number of nitrogens with zero attached hydrogens (tertiary/aromatic N) is 3. The molecule has 128 valence electrons. The number of fused-ring (bicyclic) bond motifs is 1. The van der Waals surface area contributed by atoms with Gasteiger partial charge < -0.3 is 4.90 Å². The topological polar surface area (TPSA) is 38.2 Å². The Balaban J connectivity index is 1.60. The first kappa shape index (κ1) is 16.2. The zero-order valence-electron chi connectivity index (χ0n) is 13.5. The van der Waals surface area contributed by atoms with Crippen molar-refractivity contribution < 1.29 is 8.68 Å². The quantitative estimate of drug-likeness (QED) is 0.643. The second-order valence-corrected chi connectivity index (χ2v) is 6.40. The summed E-state index contributed by atoms with van der Waals surface area (Å²) in [7, 11) is 0. The molecule has 6 heteroatoms. The number of aromatic nitrogens is 2. The second-order valence-electron chi connectivity index (χ2n) is 6.22. The van der Waals surface area contributed by atoms with Gasteiger partial charge in [-0.25, -0.2) is 9.97 Å². The number of piperidine rings is 1. The van der Waals surface area contributed by atoms with Crippen LogP contribution < -0.4 is 4.90 Å². The predicted molar refractivity (Wildman–Crippen MR) is 97.1 cm³/mol. The highest BCUT2D eigenvalue weighted by Gasteiger charge is 2.20. The average molecular weight is 358 g/mol. The fourth-order valence-electron chi connectivity index (χ4n) is 3.19. The first-order chi connectivity index (χ1) is 12.2. The van der Waals surface area contributed by atoms with Crippen molar-refractivity contribution in [2.75, 3.05) is 18.0 Å². The van der Waals surface area contributed by atoms with Crippen molar-refractivity contribution in [2.24, 2.45) is 0 Å². The summed E-state index contributed by atoms with van der Waals surface area (Å²) < 4.78 is 17.9. The fraction of sp³-hybridized carbons (Fsp3) is 0.263. The molecule has 1 saturated heterocycles. The van der Waals surface area contributed by atoms with Crippen LogP contribution in [0, 0.1) is 5.95 Å². The van der Waals surface area contributed by atoms with Gasteiger partial charge in [0, 0.05) is 30.2 Å². The van der Waals surface area contributed by atoms with Gasteiger partial charge in [0.05, 0.1) is 23.5 Å². The van der Waals surface area contributed by atoms with Crippen LogP contribution in [-0.4, -0.2) is 29.2 Å². The van der Waals surface area contributed by atoms with Gasteiger partial charge in [-0.05, 0) is 54.8 Å². The number of hydrogen-bond donors (Lipinski definition) is 0. The molecular weight excluding hydrogens is 341 g/mol. The Kier molecular flexibility index (Phi) is 4.51. The summed E-state index contributed by atoms with van der Waals surface area (Å²) in [4.78, 5) is 10.7. The summed E-state index contributed by atoms with van der Waals surface area (Å²) >= 11 is 5.47. The summed E-state index contributed by atoms with van der Waals surface area (Å²) in [5.41, 5.74) is 2.82. The highest BCUT2D eigenvalue weighted by Crippen LogP contribution is 2.26. The number of anilines is 1. The Labute approximate surface area is 150 Å². The molecule has 4 nitrogen and oxygen atoms in total. The number of halogens is 2. The lowest BCUT2D eigenvalue weighted by Crippen LogP contribution is -2.36. The third-order valence-electron chi connectivity index (χ3n) is 4.63. The molecule has 0 atom stereocenters. The number of benzene rings is 1. The van der Waals surface area contributed by atoms with Crippen LogP contribution in [0.4, 0.5) is 10.2 Å². The van der Waals surface area contributed by atoms with E-state index in [0.29, 0.717) is 0 Å². The van der Waals surface area contributed by atoms with Crippen molar-refractivity contribution in [3.8, 4) is 11.1 Å². The summed E-state index contributed by atoms with van der Waals surface area (Å²) in [6.45, 7) is 1.77. The van der Waals surface area contributed by atoms with E-state index in [4.69, 9.17) is 21.1 Å². The molecule has 0 N–H and O–H groups in total. The molecule has 0 spiro atoms. The van der Waals surface area contributed by atoms with Crippen molar-refractivity contribution in [3.63, 3.8) is 0 Å². The lowest BCUT2D eigenvalue weighted by Gasteiger charge is -2.31. The van der Waals surface area contributed by atoms with E-state index in [1.165, 1.54) is 6.07 Å². The molecule has 0 saturated carbocycles. The van der Waals surface area contributed by atoms with E-state index >= 15 is 0 Å². The molecule has 25 heavy (non-hydrogen) atoms. The van der Waals surface area contributed by atoms with E-state index in [-0.39, 0.29) is 6.10 Å². The summed E-state index contributed by atoms with van der Waals surface area (Å²) in [5.74, 6) is 0.496. The Morgan fingerprint density at radius 2 is 1.84 bits per heavy atom. The van der Waals surface area contributed by atoms with E-state index in [1.54, 1.807) is 12.3 Å². The Hall–Kier alpha value is -2.24. The first-order valence-corrected chi connectivity index (χ1v) is 8.59. The summed E-state index contributed by atoms with van der Waals surface area (Å²) in [6.07, 6.45) is 3.48. The van der Waals surface area contributed by atoms with Gasteiger partial charge in [-0.1, -0.05) is 6.07 Å². The lowest BCUT2D eigenvalue weighted by atomic mass is 10.0. The Morgan fingerprint density at radius 1 is 1.04 bits per heavy atom. The number of rotatable bonds is 3. The minimum atomic E-state index is -0.473. The van der Waals surface area contributed by atoms with Gasteiger partial charge in [0.25, 0.3) is 0 Å². The van der Waals surface area contributed by atoms with Crippen LogP contribution in [-0.2, 0) is 4.29 Å². The minimum absolute atomic E-state index is 0.130. The number of pyridine rings is 2. The van der Waals surface area contributed by atoms with Gasteiger partial charge in [0.2, 0.25) is 5.95 Å². The monoisotopic (exact) mass is 357 g/mol. The Morgan fingerprint density at radius 3 is 2.56 bits per heavy atom. The molecule has 0 unspecified atom stereocenters. The fourth-order valence-corrected chi connectivity index (χ4v) is 3.37. The molecule has 0 bridgehead atoms. The predicted octanol–water partition coefficient (Wildman–Crippen LogP) is 4.58. The van der Waals surface area contributed by atoms with Crippen LogP contribution >= 0.6 is 11.9 Å². The highest BCUT2D eigenvalue weighted by atomic mass is 35.5. The van der Waals surface area contributed by atoms with Crippen LogP contribution in [0.25, 0.3) is 22.0 Å². The van der Waals surface area contributed by atoms with Gasteiger partial charge in [0.15, 0.2) is 0 Å². The second kappa shape index (κ2) is 6.94. The van der Waals surface area contributed by atoms with Crippen LogP contribution in [0.1, 0.15) is 12.8 Å². The zero-order valence-corrected chi connectivity index (χ0v) is 14.3. The van der Waals surface area contributed by atoms with Crippen LogP contribution in [0.5, 0.6) is 0 Å². The van der Waals surface area contributed by atoms with E-state index in [1.807, 2.05) is 18.2 Å². The number of hydrogen-bond acceptors (Lipinski definition) is 4. The molecule has 3 heterocycles. The highest BCUT2D eigenvalue weighted by molar-refractivity contribution is 6.07. The SMILES string of the molecule is Fc1ccc(-c2ccc3nc(N4CCC(OCl)CC4)ccc3c2)cn1. The molecular formula is C19H17ClFN3O. The molecule has 0 radical (unpaired) electrons. The maximum Gasteiger partial charge on any atom is 0.212 e. The largest absolute Gasteiger partial charge is 0.356 e. The standard InChI is InChI=1S/C19H17ClFN3O/c20-25-16-7-9-24(10-8-16)19-6-3-14-11-13(1-4-17(14)23-19)15-2-5-18(21)22-12-15/h1-6,11-12,16H,7-10H2. The zero-order chi connectivity index (χ0) is 17.2. The lowest BCUT2D eigenvalue weighted by molar-refractivity contribution is 0.188. The Bertz CT molecular complexity index is 879. The minimum Gasteiger partial charge on any atom is -0.356 e. The van der Waals surface area contributed by atoms with Crippen LogP contribution in [0.15, 0.2) is 48.7 Å². The third-order valence-corrected chi connectivity index (χ3v) is 4.88. The first-order valence-electron chi connectivity index (χ1n) is 8.28. The molecule has 2 aromatic heterocycles. The van der Waals surface area contributed by atoms with Gasteiger partial charge in [-0.3, -0.25) is 4.29 Å². The van der Waals surface area contributed by atoms with Gasteiger partial charge in [-0.15, -0.1) is 0 Å². The molecule has 1 aliphatic rings. The molecule has 0 aliphatic carbocycles. The van der Waals surface area contributed by atoms with Crippen molar-refractivity contribution >= 4 is 28.6 Å². The smallest absolute Gasteiger partial charge is 0.212 e. The molecule has 4 rings (SSSR count). The van der Waals surface area contributed by atoms with Crippen molar-refractivity contribution in [1.82, 2.24) is 9.97 Å². The maximum absolute atomic E-state index is 13.0. The van der Waals surface area contributed by atoms with Gasteiger partial charge in [0.1, 0.15) is 5.82 Å². The molecule has 1 aromatic carbocycles. The van der Waals surface area contributed by atoms with Crippen LogP contribution in [0.3, 0.4) is 0 Å². The van der Waals surface area contributed by atoms with E-state index < -0.39 is 5.95 Å².